The van der Waals surface area contributed by atoms with E-state index in [0.717, 1.165) is 11.2 Å². The lowest BCUT2D eigenvalue weighted by Crippen LogP contribution is -2.47. The number of hydrogen-bond donors (Lipinski definition) is 0. The van der Waals surface area contributed by atoms with Crippen LogP contribution in [0.2, 0.25) is 0 Å². The van der Waals surface area contributed by atoms with Crippen molar-refractivity contribution < 1.29 is 0 Å². The van der Waals surface area contributed by atoms with Crippen molar-refractivity contribution in [2.45, 2.75) is 65.5 Å². The van der Waals surface area contributed by atoms with E-state index in [4.69, 9.17) is 0 Å². The summed E-state index contributed by atoms with van der Waals surface area (Å²) in [6.07, 6.45) is 6.01. The Morgan fingerprint density at radius 3 is 2.58 bits per heavy atom. The summed E-state index contributed by atoms with van der Waals surface area (Å²) in [7, 11) is 2.11. The van der Waals surface area contributed by atoms with Crippen molar-refractivity contribution in [1.82, 2.24) is 14.3 Å². The standard InChI is InChI=1S/C20H29N3O/c1-19(2,3)15-7-8-23-17(9-15)21-12-14(18(23)24)13-22(6)16-10-20(4,5)11-16/h7-9,12,16H,10-11,13H2,1-6H3. The monoisotopic (exact) mass is 327 g/mol. The van der Waals surface area contributed by atoms with Crippen molar-refractivity contribution in [1.29, 1.82) is 0 Å². The van der Waals surface area contributed by atoms with Crippen LogP contribution in [0.4, 0.5) is 0 Å². The largest absolute Gasteiger partial charge is 0.299 e. The van der Waals surface area contributed by atoms with Gasteiger partial charge in [0.1, 0.15) is 5.65 Å². The second-order valence-electron chi connectivity index (χ2n) is 9.12. The van der Waals surface area contributed by atoms with E-state index in [9.17, 15) is 4.79 Å². The number of hydrogen-bond acceptors (Lipinski definition) is 3. The van der Waals surface area contributed by atoms with Crippen LogP contribution in [0.5, 0.6) is 0 Å². The highest BCUT2D eigenvalue weighted by atomic mass is 16.1. The minimum Gasteiger partial charge on any atom is -0.299 e. The maximum Gasteiger partial charge on any atom is 0.262 e. The molecule has 0 unspecified atom stereocenters. The Bertz CT molecular complexity index is 806. The molecule has 1 aliphatic rings. The molecule has 4 heteroatoms. The average Bonchev–Trinajstić information content (AvgIpc) is 2.46. The summed E-state index contributed by atoms with van der Waals surface area (Å²) in [4.78, 5) is 19.6. The van der Waals surface area contributed by atoms with E-state index < -0.39 is 0 Å². The summed E-state index contributed by atoms with van der Waals surface area (Å²) >= 11 is 0. The molecule has 4 nitrogen and oxygen atoms in total. The molecule has 0 aromatic carbocycles. The van der Waals surface area contributed by atoms with Gasteiger partial charge in [0.05, 0.1) is 5.56 Å². The molecule has 1 aliphatic carbocycles. The second-order valence-corrected chi connectivity index (χ2v) is 9.12. The van der Waals surface area contributed by atoms with Gasteiger partial charge in [-0.25, -0.2) is 4.98 Å². The first-order valence-corrected chi connectivity index (χ1v) is 8.78. The zero-order valence-corrected chi connectivity index (χ0v) is 15.8. The van der Waals surface area contributed by atoms with Gasteiger partial charge >= 0.3 is 0 Å². The molecule has 0 atom stereocenters. The summed E-state index contributed by atoms with van der Waals surface area (Å²) in [5, 5.41) is 0. The Labute approximate surface area is 144 Å². The molecule has 0 aliphatic heterocycles. The number of nitrogens with zero attached hydrogens (tertiary/aromatic N) is 3. The number of fused-ring (bicyclic) bond motifs is 1. The molecule has 0 radical (unpaired) electrons. The van der Waals surface area contributed by atoms with Gasteiger partial charge in [0, 0.05) is 25.0 Å². The zero-order chi connectivity index (χ0) is 17.7. The average molecular weight is 327 g/mol. The Morgan fingerprint density at radius 2 is 2.00 bits per heavy atom. The fourth-order valence-electron chi connectivity index (χ4n) is 3.61. The normalized spacial score (nSPS) is 18.1. The number of pyridine rings is 1. The van der Waals surface area contributed by atoms with Gasteiger partial charge in [0.2, 0.25) is 0 Å². The van der Waals surface area contributed by atoms with Crippen molar-refractivity contribution in [3.05, 3.63) is 46.0 Å². The van der Waals surface area contributed by atoms with E-state index in [1.54, 1.807) is 10.6 Å². The van der Waals surface area contributed by atoms with Gasteiger partial charge in [-0.1, -0.05) is 34.6 Å². The second kappa shape index (κ2) is 5.69. The topological polar surface area (TPSA) is 37.6 Å². The fraction of sp³-hybridized carbons (Fsp3) is 0.600. The highest BCUT2D eigenvalue weighted by molar-refractivity contribution is 5.43. The van der Waals surface area contributed by atoms with E-state index in [0.29, 0.717) is 18.0 Å². The first-order valence-electron chi connectivity index (χ1n) is 8.78. The van der Waals surface area contributed by atoms with Crippen LogP contribution in [0.3, 0.4) is 0 Å². The van der Waals surface area contributed by atoms with Gasteiger partial charge in [-0.15, -0.1) is 0 Å². The van der Waals surface area contributed by atoms with Crippen LogP contribution in [0.25, 0.3) is 5.65 Å². The van der Waals surface area contributed by atoms with E-state index in [2.05, 4.69) is 51.6 Å². The molecule has 2 aromatic heterocycles. The van der Waals surface area contributed by atoms with Crippen molar-refractivity contribution in [2.24, 2.45) is 5.41 Å². The summed E-state index contributed by atoms with van der Waals surface area (Å²) in [6, 6.07) is 4.62. The molecular formula is C20H29N3O. The van der Waals surface area contributed by atoms with Crippen LogP contribution in [0.1, 0.15) is 58.6 Å². The van der Waals surface area contributed by atoms with Gasteiger partial charge in [0.25, 0.3) is 5.56 Å². The molecule has 0 bridgehead atoms. The highest BCUT2D eigenvalue weighted by Gasteiger charge is 2.38. The van der Waals surface area contributed by atoms with Gasteiger partial charge in [-0.05, 0) is 48.4 Å². The molecule has 2 heterocycles. The Kier molecular flexibility index (Phi) is 4.07. The minimum atomic E-state index is 0.0471. The quantitative estimate of drug-likeness (QED) is 0.864. The van der Waals surface area contributed by atoms with E-state index in [-0.39, 0.29) is 11.0 Å². The lowest BCUT2D eigenvalue weighted by molar-refractivity contribution is 0.0371. The van der Waals surface area contributed by atoms with Crippen molar-refractivity contribution in [3.63, 3.8) is 0 Å². The Balaban J connectivity index is 1.85. The highest BCUT2D eigenvalue weighted by Crippen LogP contribution is 2.42. The Hall–Kier alpha value is -1.68. The van der Waals surface area contributed by atoms with E-state index >= 15 is 0 Å². The van der Waals surface area contributed by atoms with Gasteiger partial charge in [-0.3, -0.25) is 14.1 Å². The summed E-state index contributed by atoms with van der Waals surface area (Å²) in [5.74, 6) is 0. The maximum atomic E-state index is 12.8. The summed E-state index contributed by atoms with van der Waals surface area (Å²) < 4.78 is 1.67. The van der Waals surface area contributed by atoms with Crippen LogP contribution >= 0.6 is 0 Å². The smallest absolute Gasteiger partial charge is 0.262 e. The third kappa shape index (κ3) is 3.25. The summed E-state index contributed by atoms with van der Waals surface area (Å²) in [5.41, 5.74) is 3.22. The third-order valence-electron chi connectivity index (χ3n) is 5.27. The van der Waals surface area contributed by atoms with Gasteiger partial charge in [-0.2, -0.15) is 0 Å². The molecule has 0 N–H and O–H groups in total. The van der Waals surface area contributed by atoms with Crippen LogP contribution < -0.4 is 5.56 Å². The first kappa shape index (κ1) is 17.2. The first-order chi connectivity index (χ1) is 11.1. The molecule has 24 heavy (non-hydrogen) atoms. The fourth-order valence-corrected chi connectivity index (χ4v) is 3.61. The van der Waals surface area contributed by atoms with Crippen LogP contribution in [0.15, 0.2) is 29.3 Å². The van der Waals surface area contributed by atoms with Crippen molar-refractivity contribution in [3.8, 4) is 0 Å². The van der Waals surface area contributed by atoms with Crippen LogP contribution in [-0.2, 0) is 12.0 Å². The van der Waals surface area contributed by atoms with Crippen molar-refractivity contribution in [2.75, 3.05) is 7.05 Å². The molecule has 130 valence electrons. The van der Waals surface area contributed by atoms with Crippen LogP contribution in [0, 0.1) is 5.41 Å². The molecule has 2 aromatic rings. The number of rotatable bonds is 3. The lowest BCUT2D eigenvalue weighted by atomic mass is 9.68. The molecule has 3 rings (SSSR count). The van der Waals surface area contributed by atoms with Crippen molar-refractivity contribution >= 4 is 5.65 Å². The molecular weight excluding hydrogens is 298 g/mol. The maximum absolute atomic E-state index is 12.8. The minimum absolute atomic E-state index is 0.0471. The van der Waals surface area contributed by atoms with Crippen LogP contribution in [-0.4, -0.2) is 27.4 Å². The molecule has 0 amide bonds. The molecule has 0 saturated heterocycles. The van der Waals surface area contributed by atoms with Gasteiger partial charge < -0.3 is 0 Å². The predicted octanol–water partition coefficient (Wildman–Crippen LogP) is 3.61. The SMILES string of the molecule is CN(Cc1cnc2cc(C(C)(C)C)ccn2c1=O)C1CC(C)(C)C1. The third-order valence-corrected chi connectivity index (χ3v) is 5.27. The van der Waals surface area contributed by atoms with E-state index in [1.807, 2.05) is 18.3 Å². The molecule has 0 spiro atoms. The van der Waals surface area contributed by atoms with E-state index in [1.165, 1.54) is 18.4 Å². The number of aromatic nitrogens is 2. The summed E-state index contributed by atoms with van der Waals surface area (Å²) in [6.45, 7) is 11.8. The zero-order valence-electron chi connectivity index (χ0n) is 15.8. The molecule has 1 saturated carbocycles. The Morgan fingerprint density at radius 1 is 1.33 bits per heavy atom. The van der Waals surface area contributed by atoms with Gasteiger partial charge in [0.15, 0.2) is 0 Å². The lowest BCUT2D eigenvalue weighted by Gasteiger charge is -2.47. The molecule has 1 fully saturated rings. The predicted molar refractivity (Wildman–Crippen MR) is 98.4 cm³/mol.